The molecule has 0 aliphatic rings. The second-order valence-corrected chi connectivity index (χ2v) is 26.1. The predicted octanol–water partition coefficient (Wildman–Crippen LogP) is -8.67. The summed E-state index contributed by atoms with van der Waals surface area (Å²) in [6, 6.07) is -6.02. The minimum atomic E-state index is -1.99. The highest BCUT2D eigenvalue weighted by Gasteiger charge is 2.38. The van der Waals surface area contributed by atoms with Crippen molar-refractivity contribution < 1.29 is 87.9 Å². The molecule has 3 aromatic rings. The number of unbranched alkanes of at least 4 members (excludes halogenated alkanes) is 1. The van der Waals surface area contributed by atoms with Crippen LogP contribution in [0.15, 0.2) is 54.7 Å². The van der Waals surface area contributed by atoms with Crippen LogP contribution in [-0.2, 0) is 75.2 Å². The quantitative estimate of drug-likeness (QED) is 0.0142. The molecule has 0 saturated heterocycles. The average Bonchev–Trinajstić information content (AvgIpc) is 1.74. The van der Waals surface area contributed by atoms with Crippen LogP contribution in [0, 0.1) is 27.6 Å². The molecule has 3 rings (SSSR count). The summed E-state index contributed by atoms with van der Waals surface area (Å²) < 4.78 is 0. The first-order valence-corrected chi connectivity index (χ1v) is 35.7. The van der Waals surface area contributed by atoms with Crippen molar-refractivity contribution in [1.29, 1.82) is 21.6 Å². The number of aliphatic hydroxyl groups is 2. The number of carboxylic acid groups (broad SMARTS) is 2. The Morgan fingerprint density at radius 3 is 1.18 bits per heavy atom. The lowest BCUT2D eigenvalue weighted by atomic mass is 10.0. The van der Waals surface area contributed by atoms with Crippen LogP contribution >= 0.6 is 0 Å². The van der Waals surface area contributed by atoms with Crippen LogP contribution in [0.3, 0.4) is 0 Å². The van der Waals surface area contributed by atoms with E-state index in [9.17, 15) is 78.3 Å². The third-order valence-electron chi connectivity index (χ3n) is 16.9. The third-order valence-corrected chi connectivity index (χ3v) is 16.9. The lowest BCUT2D eigenvalue weighted by Gasteiger charge is -2.29. The van der Waals surface area contributed by atoms with Crippen molar-refractivity contribution in [1.82, 2.24) is 84.7 Å². The Kier molecular flexibility index (Phi) is 41.0. The van der Waals surface area contributed by atoms with Crippen LogP contribution in [0.5, 0.6) is 5.75 Å². The first kappa shape index (κ1) is 93.0. The van der Waals surface area contributed by atoms with E-state index in [0.717, 1.165) is 0 Å². The van der Waals surface area contributed by atoms with Crippen molar-refractivity contribution in [2.24, 2.45) is 40.3 Å². The summed E-state index contributed by atoms with van der Waals surface area (Å²) in [6.45, 7) is 0.278. The van der Waals surface area contributed by atoms with Gasteiger partial charge < -0.3 is 145 Å². The maximum absolute atomic E-state index is 15.1. The highest BCUT2D eigenvalue weighted by molar-refractivity contribution is 6.00. The molecular weight excluding hydrogens is 1460 g/mol. The lowest BCUT2D eigenvalue weighted by Crippen LogP contribution is -2.62. The third kappa shape index (κ3) is 34.7. The topological polar surface area (TPSA) is 771 Å². The molecule has 44 heteroatoms. The number of nitrogens with two attached hydrogens (primary N) is 6. The first-order chi connectivity index (χ1) is 52.6. The summed E-state index contributed by atoms with van der Waals surface area (Å²) in [6.07, 6.45) is -0.455. The van der Waals surface area contributed by atoms with E-state index in [1.165, 1.54) is 38.1 Å². The van der Waals surface area contributed by atoms with Crippen LogP contribution in [0.2, 0.25) is 0 Å². The smallest absolute Gasteiger partial charge is 0.326 e. The molecule has 0 bridgehead atoms. The van der Waals surface area contributed by atoms with Crippen LogP contribution in [0.1, 0.15) is 102 Å². The number of nitrogens with one attached hydrogen (secondary N) is 20. The molecule has 111 heavy (non-hydrogen) atoms. The molecule has 1 aromatic heterocycles. The molecule has 11 amide bonds. The number of phenols is 1. The van der Waals surface area contributed by atoms with Crippen molar-refractivity contribution in [2.45, 2.75) is 170 Å². The number of hydrogen-bond donors (Lipinski definition) is 31. The SMILES string of the molecule is CC(C)[C@H](NC(=O)[C@H](CC(=O)O)NC(=O)[C@H](CO)NC(=O)[C@H](CCCCN)NC(=O)CN)C(=O)N[C@@H](CCCNC(=N)N)C(=O)N[C@@H](CCCNC(=N)N)C(=O)N[C@@H](Cc1c[nH]c2ccccc12)C(=O)N[C@@H](CCCNC(=N)N)C(=O)N[C@@H](CO)C(=O)N[C@@H](CCCNC(=N)N)C(=O)N[C@@H](Cc1ccc(O)cc1)C(=O)O. The standard InChI is InChI=1S/C67H108N26O18/c1-34(2)52(93-59(106)46(29-51(98)99)89-61(108)49(33-95)91-53(100)40(13-5-6-22-68)83-50(97)30-69)62(109)87-44(17-10-26-81-67(76)77)54(101)84-41(14-7-23-78-64(70)71)55(102)88-45(28-36-31-82-39-12-4-3-11-38(36)39)58(105)85-43(16-9-25-80-66(74)75)57(104)92-48(32-94)60(107)86-42(15-8-24-79-65(72)73)56(103)90-47(63(110)111)27-35-18-20-37(96)21-19-35/h3-4,11-12,18-21,31,34,40-49,52,82,94-96H,5-10,13-17,22-30,32-33,68-69H2,1-2H3,(H,83,97)(H,84,101)(H,85,105)(H,86,107)(H,87,109)(H,88,102)(H,89,108)(H,90,103)(H,91,100)(H,92,104)(H,93,106)(H,98,99)(H,110,111)(H4,70,71,78)(H4,72,73,79)(H4,74,75,80)(H4,76,77,81)/t40-,41-,42-,43-,44-,45-,46-,47-,48-,49-,52-/m0/s1. The number of carbonyl (C=O) groups is 13. The summed E-state index contributed by atoms with van der Waals surface area (Å²) >= 11 is 0. The maximum atomic E-state index is 15.1. The molecule has 0 aliphatic heterocycles. The number of amides is 11. The van der Waals surface area contributed by atoms with E-state index in [0.29, 0.717) is 34.9 Å². The second-order valence-electron chi connectivity index (χ2n) is 26.1. The van der Waals surface area contributed by atoms with Crippen LogP contribution in [-0.4, -0.2) is 250 Å². The van der Waals surface area contributed by atoms with Gasteiger partial charge in [-0.1, -0.05) is 44.2 Å². The number of H-pyrrole nitrogens is 1. The van der Waals surface area contributed by atoms with Gasteiger partial charge in [0.05, 0.1) is 26.2 Å². The number of aromatic nitrogens is 1. The normalized spacial score (nSPS) is 13.9. The number of phenolic OH excluding ortho intramolecular Hbond substituents is 1. The number of benzene rings is 2. The number of guanidine groups is 4. The molecule has 37 N–H and O–H groups in total. The number of aromatic hydroxyl groups is 1. The summed E-state index contributed by atoms with van der Waals surface area (Å²) in [5.74, 6) is -17.6. The molecule has 0 radical (unpaired) electrons. The molecule has 0 unspecified atom stereocenters. The minimum Gasteiger partial charge on any atom is -0.508 e. The zero-order valence-electron chi connectivity index (χ0n) is 61.7. The number of aromatic amines is 1. The Bertz CT molecular complexity index is 3680. The van der Waals surface area contributed by atoms with Crippen molar-refractivity contribution in [3.63, 3.8) is 0 Å². The highest BCUT2D eigenvalue weighted by atomic mass is 16.4. The Morgan fingerprint density at radius 1 is 0.423 bits per heavy atom. The van der Waals surface area contributed by atoms with Gasteiger partial charge in [0.15, 0.2) is 23.8 Å². The number of aliphatic hydroxyl groups excluding tert-OH is 2. The van der Waals surface area contributed by atoms with Crippen LogP contribution in [0.25, 0.3) is 10.9 Å². The van der Waals surface area contributed by atoms with Gasteiger partial charge in [-0.2, -0.15) is 0 Å². The summed E-state index contributed by atoms with van der Waals surface area (Å²) in [4.78, 5) is 183. The number of fused-ring (bicyclic) bond motifs is 1. The molecular formula is C67H108N26O18. The molecule has 0 fully saturated rings. The van der Waals surface area contributed by atoms with Gasteiger partial charge in [0.25, 0.3) is 0 Å². The Labute approximate surface area is 638 Å². The number of para-hydroxylation sites is 1. The maximum Gasteiger partial charge on any atom is 0.326 e. The van der Waals surface area contributed by atoms with E-state index in [-0.39, 0.29) is 109 Å². The molecule has 0 saturated carbocycles. The monoisotopic (exact) mass is 1560 g/mol. The van der Waals surface area contributed by atoms with Gasteiger partial charge in [0.1, 0.15) is 72.2 Å². The minimum absolute atomic E-state index is 0.00324. The largest absolute Gasteiger partial charge is 0.508 e. The van der Waals surface area contributed by atoms with E-state index < -0.39 is 199 Å². The van der Waals surface area contributed by atoms with E-state index >= 15 is 9.59 Å². The van der Waals surface area contributed by atoms with Crippen molar-refractivity contribution in [2.75, 3.05) is 52.5 Å². The summed E-state index contributed by atoms with van der Waals surface area (Å²) in [7, 11) is 0. The van der Waals surface area contributed by atoms with E-state index in [2.05, 4.69) is 84.7 Å². The molecule has 0 aliphatic carbocycles. The van der Waals surface area contributed by atoms with Gasteiger partial charge in [-0.3, -0.25) is 79.2 Å². The number of hydrogen-bond acceptors (Lipinski definition) is 22. The molecule has 614 valence electrons. The summed E-state index contributed by atoms with van der Waals surface area (Å²) in [5, 5.41) is 119. The van der Waals surface area contributed by atoms with Gasteiger partial charge in [-0.25, -0.2) is 4.79 Å². The van der Waals surface area contributed by atoms with Gasteiger partial charge in [-0.05, 0) is 112 Å². The highest BCUT2D eigenvalue weighted by Crippen LogP contribution is 2.21. The zero-order valence-corrected chi connectivity index (χ0v) is 61.7. The molecule has 2 aromatic carbocycles. The average molecular weight is 1570 g/mol. The lowest BCUT2D eigenvalue weighted by molar-refractivity contribution is -0.142. The first-order valence-electron chi connectivity index (χ1n) is 35.7. The number of carboxylic acids is 2. The Morgan fingerprint density at radius 2 is 0.784 bits per heavy atom. The fraction of sp³-hybridized carbons (Fsp3) is 0.537. The van der Waals surface area contributed by atoms with Crippen LogP contribution in [0.4, 0.5) is 0 Å². The van der Waals surface area contributed by atoms with Crippen LogP contribution < -0.4 is 114 Å². The molecule has 44 nitrogen and oxygen atoms in total. The van der Waals surface area contributed by atoms with Gasteiger partial charge in [0, 0.05) is 56.1 Å². The number of carbonyl (C=O) groups excluding carboxylic acids is 11. The van der Waals surface area contributed by atoms with Crippen molar-refractivity contribution in [3.05, 3.63) is 65.9 Å². The van der Waals surface area contributed by atoms with E-state index in [1.807, 2.05) is 0 Å². The van der Waals surface area contributed by atoms with Crippen molar-refractivity contribution >= 4 is 112 Å². The fourth-order valence-electron chi connectivity index (χ4n) is 11.0. The predicted molar refractivity (Wildman–Crippen MR) is 403 cm³/mol. The second kappa shape index (κ2) is 49.0. The van der Waals surface area contributed by atoms with E-state index in [4.69, 9.17) is 56.0 Å². The van der Waals surface area contributed by atoms with E-state index in [1.54, 1.807) is 30.5 Å². The fourth-order valence-corrected chi connectivity index (χ4v) is 11.0. The van der Waals surface area contributed by atoms with Gasteiger partial charge in [-0.15, -0.1) is 0 Å². The molecule has 0 spiro atoms. The Balaban J connectivity index is 2.07. The number of aliphatic carboxylic acids is 2. The Hall–Kier alpha value is -12.2. The van der Waals surface area contributed by atoms with Crippen molar-refractivity contribution in [3.8, 4) is 5.75 Å². The zero-order chi connectivity index (χ0) is 82.9. The molecule has 1 heterocycles. The van der Waals surface area contributed by atoms with Gasteiger partial charge in [0.2, 0.25) is 65.0 Å². The summed E-state index contributed by atoms with van der Waals surface area (Å²) in [5.41, 5.74) is 34.5. The number of rotatable bonds is 52. The molecule has 11 atom stereocenters. The van der Waals surface area contributed by atoms with Gasteiger partial charge >= 0.3 is 11.9 Å².